The van der Waals surface area contributed by atoms with Crippen molar-refractivity contribution in [2.45, 2.75) is 32.4 Å². The Morgan fingerprint density at radius 2 is 2.19 bits per heavy atom. The topological polar surface area (TPSA) is 44.0 Å². The molecule has 1 aromatic heterocycles. The van der Waals surface area contributed by atoms with E-state index in [0.717, 1.165) is 25.3 Å². The smallest absolute Gasteiger partial charge is 0.0695 e. The molecule has 2 aromatic rings. The molecule has 0 bridgehead atoms. The van der Waals surface area contributed by atoms with E-state index < -0.39 is 0 Å². The van der Waals surface area contributed by atoms with Crippen LogP contribution in [0.25, 0.3) is 11.3 Å². The Balaban J connectivity index is 1.63. The Labute approximate surface area is 126 Å². The molecule has 1 saturated heterocycles. The van der Waals surface area contributed by atoms with Crippen molar-refractivity contribution in [2.24, 2.45) is 0 Å². The van der Waals surface area contributed by atoms with Crippen molar-refractivity contribution < 1.29 is 0 Å². The maximum atomic E-state index is 4.22. The van der Waals surface area contributed by atoms with E-state index in [1.807, 2.05) is 12.3 Å². The second-order valence-corrected chi connectivity index (χ2v) is 5.75. The monoisotopic (exact) mass is 284 g/mol. The van der Waals surface area contributed by atoms with Crippen LogP contribution in [0.4, 0.5) is 0 Å². The van der Waals surface area contributed by atoms with Crippen LogP contribution < -0.4 is 5.32 Å². The fourth-order valence-electron chi connectivity index (χ4n) is 3.06. The van der Waals surface area contributed by atoms with Gasteiger partial charge in [-0.2, -0.15) is 5.10 Å². The van der Waals surface area contributed by atoms with Crippen molar-refractivity contribution in [1.82, 2.24) is 20.4 Å². The van der Waals surface area contributed by atoms with Crippen LogP contribution in [0.15, 0.2) is 36.5 Å². The Morgan fingerprint density at radius 1 is 1.33 bits per heavy atom. The molecule has 112 valence electrons. The summed E-state index contributed by atoms with van der Waals surface area (Å²) in [6, 6.07) is 11.0. The standard InChI is InChI=1S/C17H24N4/c1-2-21-10-6-9-16(13-21)18-11-15-12-19-20-17(15)14-7-4-3-5-8-14/h3-5,7-8,12,16,18H,2,6,9-11,13H2,1H3,(H,19,20). The first-order valence-corrected chi connectivity index (χ1v) is 7.90. The van der Waals surface area contributed by atoms with E-state index in [0.29, 0.717) is 6.04 Å². The highest BCUT2D eigenvalue weighted by Gasteiger charge is 2.18. The number of benzene rings is 1. The van der Waals surface area contributed by atoms with E-state index >= 15 is 0 Å². The second-order valence-electron chi connectivity index (χ2n) is 5.75. The van der Waals surface area contributed by atoms with E-state index in [4.69, 9.17) is 0 Å². The van der Waals surface area contributed by atoms with Crippen LogP contribution >= 0.6 is 0 Å². The van der Waals surface area contributed by atoms with Gasteiger partial charge >= 0.3 is 0 Å². The molecule has 1 fully saturated rings. The summed E-state index contributed by atoms with van der Waals surface area (Å²) < 4.78 is 0. The number of rotatable bonds is 5. The zero-order valence-electron chi connectivity index (χ0n) is 12.7. The second kappa shape index (κ2) is 6.87. The highest BCUT2D eigenvalue weighted by atomic mass is 15.2. The molecule has 1 aromatic carbocycles. The zero-order chi connectivity index (χ0) is 14.5. The summed E-state index contributed by atoms with van der Waals surface area (Å²) in [5.41, 5.74) is 3.58. The molecule has 0 spiro atoms. The molecule has 2 heterocycles. The van der Waals surface area contributed by atoms with E-state index in [1.54, 1.807) is 0 Å². The SMILES string of the molecule is CCN1CCCC(NCc2cn[nH]c2-c2ccccc2)C1. The molecule has 1 aliphatic rings. The van der Waals surface area contributed by atoms with Crippen LogP contribution in [0.1, 0.15) is 25.3 Å². The first-order chi connectivity index (χ1) is 10.4. The first kappa shape index (κ1) is 14.3. The van der Waals surface area contributed by atoms with Crippen molar-refractivity contribution in [2.75, 3.05) is 19.6 Å². The maximum Gasteiger partial charge on any atom is 0.0695 e. The number of aromatic nitrogens is 2. The van der Waals surface area contributed by atoms with Gasteiger partial charge in [0, 0.05) is 24.7 Å². The normalized spacial score (nSPS) is 19.8. The zero-order valence-corrected chi connectivity index (χ0v) is 12.7. The molecule has 0 radical (unpaired) electrons. The lowest BCUT2D eigenvalue weighted by atomic mass is 10.0. The molecular weight excluding hydrogens is 260 g/mol. The number of piperidine rings is 1. The van der Waals surface area contributed by atoms with Gasteiger partial charge in [-0.1, -0.05) is 37.3 Å². The molecule has 1 aliphatic heterocycles. The molecule has 0 aliphatic carbocycles. The van der Waals surface area contributed by atoms with Gasteiger partial charge in [0.05, 0.1) is 11.9 Å². The summed E-state index contributed by atoms with van der Waals surface area (Å²) in [6.45, 7) is 6.68. The third-order valence-electron chi connectivity index (χ3n) is 4.31. The number of H-pyrrole nitrogens is 1. The summed E-state index contributed by atoms with van der Waals surface area (Å²) >= 11 is 0. The molecule has 0 saturated carbocycles. The Kier molecular flexibility index (Phi) is 4.68. The number of likely N-dealkylation sites (tertiary alicyclic amines) is 1. The van der Waals surface area contributed by atoms with E-state index in [2.05, 4.69) is 51.6 Å². The van der Waals surface area contributed by atoms with Gasteiger partial charge in [0.25, 0.3) is 0 Å². The van der Waals surface area contributed by atoms with Crippen LogP contribution in [-0.4, -0.2) is 40.8 Å². The van der Waals surface area contributed by atoms with Gasteiger partial charge in [0.2, 0.25) is 0 Å². The predicted molar refractivity (Wildman–Crippen MR) is 86.0 cm³/mol. The summed E-state index contributed by atoms with van der Waals surface area (Å²) in [6.07, 6.45) is 4.51. The van der Waals surface area contributed by atoms with Crippen LogP contribution in [0.5, 0.6) is 0 Å². The fraction of sp³-hybridized carbons (Fsp3) is 0.471. The molecule has 2 N–H and O–H groups in total. The minimum absolute atomic E-state index is 0.595. The van der Waals surface area contributed by atoms with Gasteiger partial charge in [-0.05, 0) is 31.5 Å². The van der Waals surface area contributed by atoms with Crippen molar-refractivity contribution in [1.29, 1.82) is 0 Å². The number of nitrogens with one attached hydrogen (secondary N) is 2. The van der Waals surface area contributed by atoms with Gasteiger partial charge < -0.3 is 10.2 Å². The Morgan fingerprint density at radius 3 is 3.00 bits per heavy atom. The van der Waals surface area contributed by atoms with Crippen LogP contribution in [0.3, 0.4) is 0 Å². The Bertz CT molecular complexity index is 549. The number of hydrogen-bond acceptors (Lipinski definition) is 3. The van der Waals surface area contributed by atoms with Crippen molar-refractivity contribution >= 4 is 0 Å². The third-order valence-corrected chi connectivity index (χ3v) is 4.31. The van der Waals surface area contributed by atoms with Gasteiger partial charge in [0.15, 0.2) is 0 Å². The summed E-state index contributed by atoms with van der Waals surface area (Å²) in [7, 11) is 0. The van der Waals surface area contributed by atoms with Crippen LogP contribution in [-0.2, 0) is 6.54 Å². The van der Waals surface area contributed by atoms with Gasteiger partial charge in [-0.15, -0.1) is 0 Å². The molecule has 1 atom stereocenters. The summed E-state index contributed by atoms with van der Waals surface area (Å²) in [5.74, 6) is 0. The summed E-state index contributed by atoms with van der Waals surface area (Å²) in [4.78, 5) is 2.52. The Hall–Kier alpha value is -1.65. The minimum Gasteiger partial charge on any atom is -0.309 e. The maximum absolute atomic E-state index is 4.22. The molecule has 3 rings (SSSR count). The number of nitrogens with zero attached hydrogens (tertiary/aromatic N) is 2. The van der Waals surface area contributed by atoms with Crippen molar-refractivity contribution in [3.8, 4) is 11.3 Å². The highest BCUT2D eigenvalue weighted by Crippen LogP contribution is 2.21. The lowest BCUT2D eigenvalue weighted by Gasteiger charge is -2.32. The molecule has 21 heavy (non-hydrogen) atoms. The first-order valence-electron chi connectivity index (χ1n) is 7.90. The van der Waals surface area contributed by atoms with Crippen molar-refractivity contribution in [3.63, 3.8) is 0 Å². The van der Waals surface area contributed by atoms with Gasteiger partial charge in [0.1, 0.15) is 0 Å². The molecule has 0 amide bonds. The number of aromatic amines is 1. The third kappa shape index (κ3) is 3.52. The molecule has 1 unspecified atom stereocenters. The lowest BCUT2D eigenvalue weighted by Crippen LogP contribution is -2.45. The quantitative estimate of drug-likeness (QED) is 0.887. The van der Waals surface area contributed by atoms with E-state index in [1.165, 1.54) is 30.5 Å². The predicted octanol–water partition coefficient (Wildman–Crippen LogP) is 2.65. The van der Waals surface area contributed by atoms with Gasteiger partial charge in [-0.3, -0.25) is 5.10 Å². The summed E-state index contributed by atoms with van der Waals surface area (Å²) in [5, 5.41) is 11.0. The molecule has 4 nitrogen and oxygen atoms in total. The number of likely N-dealkylation sites (N-methyl/N-ethyl adjacent to an activating group) is 1. The van der Waals surface area contributed by atoms with Crippen molar-refractivity contribution in [3.05, 3.63) is 42.1 Å². The average Bonchev–Trinajstić information content (AvgIpc) is 3.02. The lowest BCUT2D eigenvalue weighted by molar-refractivity contribution is 0.198. The largest absolute Gasteiger partial charge is 0.309 e. The molecular formula is C17H24N4. The van der Waals surface area contributed by atoms with Gasteiger partial charge in [-0.25, -0.2) is 0 Å². The number of hydrogen-bond donors (Lipinski definition) is 2. The highest BCUT2D eigenvalue weighted by molar-refractivity contribution is 5.62. The van der Waals surface area contributed by atoms with Crippen LogP contribution in [0, 0.1) is 0 Å². The molecule has 4 heteroatoms. The van der Waals surface area contributed by atoms with E-state index in [-0.39, 0.29) is 0 Å². The van der Waals surface area contributed by atoms with E-state index in [9.17, 15) is 0 Å². The fourth-order valence-corrected chi connectivity index (χ4v) is 3.06. The van der Waals surface area contributed by atoms with Crippen LogP contribution in [0.2, 0.25) is 0 Å². The minimum atomic E-state index is 0.595. The average molecular weight is 284 g/mol.